The lowest BCUT2D eigenvalue weighted by Crippen LogP contribution is -2.41. The van der Waals surface area contributed by atoms with Gasteiger partial charge in [0.15, 0.2) is 11.6 Å². The van der Waals surface area contributed by atoms with Crippen LogP contribution in [0.5, 0.6) is 0 Å². The quantitative estimate of drug-likeness (QED) is 0.511. The lowest BCUT2D eigenvalue weighted by molar-refractivity contribution is 0.0204. The molecule has 32 heavy (non-hydrogen) atoms. The Bertz CT molecular complexity index is 1060. The third-order valence-corrected chi connectivity index (χ3v) is 8.20. The average Bonchev–Trinajstić information content (AvgIpc) is 2.71. The minimum Gasteiger partial charge on any atom is -0.444 e. The van der Waals surface area contributed by atoms with Gasteiger partial charge in [0.05, 0.1) is 10.6 Å². The number of rotatable bonds is 5. The molecule has 1 heterocycles. The van der Waals surface area contributed by atoms with Crippen LogP contribution in [0, 0.1) is 11.6 Å². The zero-order valence-corrected chi connectivity index (χ0v) is 19.9. The second kappa shape index (κ2) is 9.79. The van der Waals surface area contributed by atoms with Crippen molar-refractivity contribution >= 4 is 25.8 Å². The van der Waals surface area contributed by atoms with Crippen molar-refractivity contribution in [2.75, 3.05) is 13.1 Å². The van der Waals surface area contributed by atoms with Crippen LogP contribution in [-0.2, 0) is 19.4 Å². The van der Waals surface area contributed by atoms with Crippen molar-refractivity contribution in [1.29, 1.82) is 0 Å². The number of benzene rings is 2. The van der Waals surface area contributed by atoms with Crippen LogP contribution in [0.25, 0.3) is 0 Å². The standard InChI is InChI=1S/C23H27F2NO4S2/c1-23(2,3)30-22(27)26-13-11-17(12-14-26)18-9-10-19(24)20(25)21(18)31-32(28,29)15-16-7-5-4-6-8-16/h4-10,17H,11-15H2,1-3H3. The highest BCUT2D eigenvalue weighted by atomic mass is 33.1. The first-order valence-corrected chi connectivity index (χ1v) is 13.4. The minimum atomic E-state index is -3.81. The summed E-state index contributed by atoms with van der Waals surface area (Å²) < 4.78 is 59.6. The topological polar surface area (TPSA) is 63.7 Å². The van der Waals surface area contributed by atoms with Gasteiger partial charge in [0.2, 0.25) is 8.87 Å². The van der Waals surface area contributed by atoms with E-state index in [1.54, 1.807) is 56.0 Å². The molecule has 1 aliphatic rings. The maximum atomic E-state index is 14.7. The van der Waals surface area contributed by atoms with Gasteiger partial charge in [0.1, 0.15) is 5.60 Å². The molecule has 5 nitrogen and oxygen atoms in total. The van der Waals surface area contributed by atoms with E-state index in [2.05, 4.69) is 0 Å². The van der Waals surface area contributed by atoms with E-state index in [0.29, 0.717) is 47.9 Å². The predicted octanol–water partition coefficient (Wildman–Crippen LogP) is 5.70. The molecule has 0 radical (unpaired) electrons. The van der Waals surface area contributed by atoms with Crippen molar-refractivity contribution in [1.82, 2.24) is 4.90 Å². The monoisotopic (exact) mass is 483 g/mol. The number of nitrogens with zero attached hydrogens (tertiary/aromatic N) is 1. The van der Waals surface area contributed by atoms with E-state index >= 15 is 0 Å². The van der Waals surface area contributed by atoms with Crippen molar-refractivity contribution in [3.63, 3.8) is 0 Å². The average molecular weight is 484 g/mol. The van der Waals surface area contributed by atoms with Crippen molar-refractivity contribution in [2.24, 2.45) is 0 Å². The second-order valence-electron chi connectivity index (χ2n) is 8.79. The molecule has 1 fully saturated rings. The summed E-state index contributed by atoms with van der Waals surface area (Å²) in [5, 5.41) is 0. The Balaban J connectivity index is 1.77. The highest BCUT2D eigenvalue weighted by Crippen LogP contribution is 2.40. The summed E-state index contributed by atoms with van der Waals surface area (Å²) in [5.41, 5.74) is 0.420. The molecular formula is C23H27F2NO4S2. The number of ether oxygens (including phenoxy) is 1. The normalized spacial score (nSPS) is 15.6. The van der Waals surface area contributed by atoms with Gasteiger partial charge in [-0.05, 0) is 56.7 Å². The fourth-order valence-corrected chi connectivity index (χ4v) is 6.86. The fraction of sp³-hybridized carbons (Fsp3) is 0.435. The molecule has 1 aliphatic heterocycles. The predicted molar refractivity (Wildman–Crippen MR) is 121 cm³/mol. The molecule has 2 aromatic rings. The maximum Gasteiger partial charge on any atom is 0.410 e. The Hall–Kier alpha value is -2.13. The molecule has 0 saturated carbocycles. The summed E-state index contributed by atoms with van der Waals surface area (Å²) in [4.78, 5) is 13.7. The Kier molecular flexibility index (Phi) is 7.50. The molecule has 0 aromatic heterocycles. The number of amides is 1. The number of carbonyl (C=O) groups is 1. The number of hydrogen-bond acceptors (Lipinski definition) is 5. The first kappa shape index (κ1) is 24.5. The summed E-state index contributed by atoms with van der Waals surface area (Å²) in [7, 11) is -3.44. The molecule has 0 spiro atoms. The zero-order valence-electron chi connectivity index (χ0n) is 18.3. The van der Waals surface area contributed by atoms with Crippen LogP contribution in [0.4, 0.5) is 13.6 Å². The summed E-state index contributed by atoms with van der Waals surface area (Å²) >= 11 is 0. The van der Waals surface area contributed by atoms with E-state index in [4.69, 9.17) is 4.74 Å². The van der Waals surface area contributed by atoms with E-state index in [9.17, 15) is 22.0 Å². The number of carbonyl (C=O) groups excluding carboxylic acids is 1. The van der Waals surface area contributed by atoms with Crippen molar-refractivity contribution < 1.29 is 26.7 Å². The number of piperidine rings is 1. The molecule has 174 valence electrons. The van der Waals surface area contributed by atoms with Crippen LogP contribution in [-0.4, -0.2) is 38.1 Å². The van der Waals surface area contributed by atoms with Gasteiger partial charge in [0.25, 0.3) is 0 Å². The third kappa shape index (κ3) is 6.45. The molecule has 3 rings (SSSR count). The Morgan fingerprint density at radius 3 is 2.31 bits per heavy atom. The van der Waals surface area contributed by atoms with Gasteiger partial charge < -0.3 is 9.64 Å². The summed E-state index contributed by atoms with van der Waals surface area (Å²) in [6.45, 7) is 6.15. The fourth-order valence-electron chi connectivity index (χ4n) is 3.59. The van der Waals surface area contributed by atoms with Gasteiger partial charge in [-0.1, -0.05) is 36.4 Å². The van der Waals surface area contributed by atoms with Crippen molar-refractivity contribution in [3.05, 3.63) is 65.2 Å². The highest BCUT2D eigenvalue weighted by Gasteiger charge is 2.31. The molecular weight excluding hydrogens is 456 g/mol. The number of halogens is 2. The van der Waals surface area contributed by atoms with Gasteiger partial charge in [-0.25, -0.2) is 22.0 Å². The van der Waals surface area contributed by atoms with Crippen molar-refractivity contribution in [3.8, 4) is 0 Å². The van der Waals surface area contributed by atoms with Gasteiger partial charge >= 0.3 is 6.09 Å². The van der Waals surface area contributed by atoms with Crippen LogP contribution in [0.1, 0.15) is 50.7 Å². The largest absolute Gasteiger partial charge is 0.444 e. The molecule has 1 saturated heterocycles. The summed E-state index contributed by atoms with van der Waals surface area (Å²) in [5.74, 6) is -2.72. The molecule has 9 heteroatoms. The molecule has 0 aliphatic carbocycles. The Morgan fingerprint density at radius 2 is 1.72 bits per heavy atom. The van der Waals surface area contributed by atoms with Crippen LogP contribution < -0.4 is 0 Å². The van der Waals surface area contributed by atoms with Crippen LogP contribution >= 0.6 is 10.8 Å². The van der Waals surface area contributed by atoms with Gasteiger partial charge in [-0.3, -0.25) is 0 Å². The lowest BCUT2D eigenvalue weighted by atomic mass is 9.89. The molecule has 0 unspecified atom stereocenters. The molecule has 0 N–H and O–H groups in total. The van der Waals surface area contributed by atoms with Gasteiger partial charge in [-0.15, -0.1) is 0 Å². The SMILES string of the molecule is CC(C)(C)OC(=O)N1CCC(c2ccc(F)c(F)c2SS(=O)(=O)Cc2ccccc2)CC1. The van der Waals surface area contributed by atoms with E-state index in [1.807, 2.05) is 0 Å². The van der Waals surface area contributed by atoms with Crippen LogP contribution in [0.2, 0.25) is 0 Å². The van der Waals surface area contributed by atoms with Crippen LogP contribution in [0.3, 0.4) is 0 Å². The van der Waals surface area contributed by atoms with E-state index in [-0.39, 0.29) is 16.6 Å². The van der Waals surface area contributed by atoms with Gasteiger partial charge in [-0.2, -0.15) is 0 Å². The molecule has 0 atom stereocenters. The second-order valence-corrected chi connectivity index (χ2v) is 12.8. The zero-order chi connectivity index (χ0) is 23.5. The van der Waals surface area contributed by atoms with Crippen molar-refractivity contribution in [2.45, 2.75) is 55.8 Å². The smallest absolute Gasteiger partial charge is 0.410 e. The van der Waals surface area contributed by atoms with Gasteiger partial charge in [0, 0.05) is 23.9 Å². The molecule has 2 aromatic carbocycles. The lowest BCUT2D eigenvalue weighted by Gasteiger charge is -2.34. The van der Waals surface area contributed by atoms with E-state index in [0.717, 1.165) is 6.07 Å². The number of likely N-dealkylation sites (tertiary alicyclic amines) is 1. The van der Waals surface area contributed by atoms with E-state index in [1.165, 1.54) is 6.07 Å². The summed E-state index contributed by atoms with van der Waals surface area (Å²) in [6.07, 6.45) is 0.578. The highest BCUT2D eigenvalue weighted by molar-refractivity contribution is 8.71. The molecule has 0 bridgehead atoms. The third-order valence-electron chi connectivity index (χ3n) is 5.06. The van der Waals surface area contributed by atoms with E-state index < -0.39 is 32.2 Å². The molecule has 1 amide bonds. The maximum absolute atomic E-state index is 14.7. The Labute approximate surface area is 191 Å². The number of hydrogen-bond donors (Lipinski definition) is 0. The van der Waals surface area contributed by atoms with Crippen LogP contribution in [0.15, 0.2) is 47.4 Å². The summed E-state index contributed by atoms with van der Waals surface area (Å²) in [6, 6.07) is 11.0. The first-order valence-electron chi connectivity index (χ1n) is 10.4. The Morgan fingerprint density at radius 1 is 1.09 bits per heavy atom. The first-order chi connectivity index (χ1) is 15.0. The minimum absolute atomic E-state index is 0.196.